The van der Waals surface area contributed by atoms with Crippen molar-refractivity contribution >= 4 is 11.6 Å². The second kappa shape index (κ2) is 11.1. The number of halogens is 3. The quantitative estimate of drug-likeness (QED) is 0.419. The molecule has 0 unspecified atom stereocenters. The smallest absolute Gasteiger partial charge is 0.433 e. The Kier molecular flexibility index (Phi) is 7.64. The van der Waals surface area contributed by atoms with E-state index in [-0.39, 0.29) is 18.4 Å². The molecule has 8 nitrogen and oxygen atoms in total. The third-order valence-electron chi connectivity index (χ3n) is 7.39. The minimum absolute atomic E-state index is 0.00567. The minimum Gasteiger partial charge on any atom is -0.472 e. The molecular weight excluding hydrogens is 521 g/mol. The van der Waals surface area contributed by atoms with Crippen molar-refractivity contribution < 1.29 is 22.7 Å². The maximum Gasteiger partial charge on any atom is 0.433 e. The summed E-state index contributed by atoms with van der Waals surface area (Å²) in [6.45, 7) is 10.3. The van der Waals surface area contributed by atoms with Crippen LogP contribution in [0, 0.1) is 0 Å². The summed E-state index contributed by atoms with van der Waals surface area (Å²) in [7, 11) is 0. The fourth-order valence-corrected chi connectivity index (χ4v) is 4.73. The van der Waals surface area contributed by atoms with E-state index in [2.05, 4.69) is 49.0 Å². The first-order valence-corrected chi connectivity index (χ1v) is 13.2. The molecule has 5 rings (SSSR count). The van der Waals surface area contributed by atoms with Crippen molar-refractivity contribution in [1.82, 2.24) is 25.4 Å². The van der Waals surface area contributed by atoms with Crippen LogP contribution >= 0.6 is 0 Å². The number of pyridine rings is 1. The van der Waals surface area contributed by atoms with E-state index < -0.39 is 17.3 Å². The van der Waals surface area contributed by atoms with Crippen molar-refractivity contribution in [1.29, 1.82) is 0 Å². The van der Waals surface area contributed by atoms with Gasteiger partial charge in [0.05, 0.1) is 11.1 Å². The van der Waals surface area contributed by atoms with Crippen molar-refractivity contribution in [2.24, 2.45) is 0 Å². The largest absolute Gasteiger partial charge is 0.472 e. The molecule has 3 aromatic rings. The van der Waals surface area contributed by atoms with Crippen molar-refractivity contribution in [3.05, 3.63) is 89.5 Å². The van der Waals surface area contributed by atoms with E-state index in [1.807, 2.05) is 19.1 Å². The summed E-state index contributed by atoms with van der Waals surface area (Å²) in [5, 5.41) is 11.3. The molecular formula is C29H31F3N6O2. The first kappa shape index (κ1) is 27.4. The fourth-order valence-electron chi connectivity index (χ4n) is 4.73. The number of nitrogens with zero attached hydrogens (tertiary/aromatic N) is 5. The highest BCUT2D eigenvalue weighted by atomic mass is 19.4. The zero-order valence-corrected chi connectivity index (χ0v) is 22.2. The molecule has 1 saturated heterocycles. The van der Waals surface area contributed by atoms with Crippen LogP contribution in [0.4, 0.5) is 18.9 Å². The fraction of sp³-hybridized carbons (Fsp3) is 0.379. The second-order valence-corrected chi connectivity index (χ2v) is 10.2. The van der Waals surface area contributed by atoms with Gasteiger partial charge in [-0.15, -0.1) is 5.10 Å². The van der Waals surface area contributed by atoms with Gasteiger partial charge in [-0.2, -0.15) is 18.3 Å². The Bertz CT molecular complexity index is 1330. The molecule has 3 heterocycles. The second-order valence-electron chi connectivity index (χ2n) is 10.2. The summed E-state index contributed by atoms with van der Waals surface area (Å²) in [6.07, 6.45) is -2.01. The van der Waals surface area contributed by atoms with Crippen LogP contribution in [0.1, 0.15) is 42.3 Å². The van der Waals surface area contributed by atoms with Gasteiger partial charge in [-0.25, -0.2) is 0 Å². The van der Waals surface area contributed by atoms with Crippen molar-refractivity contribution in [2.45, 2.75) is 44.5 Å². The maximum atomic E-state index is 13.1. The van der Waals surface area contributed by atoms with Crippen LogP contribution in [0.2, 0.25) is 0 Å². The Hall–Kier alpha value is -4.15. The molecule has 0 spiro atoms. The highest BCUT2D eigenvalue weighted by Crippen LogP contribution is 2.47. The standard InChI is InChI=1S/C29H31F3N6O2/c1-20(2)37-13-15-38(16-14-37)23-6-3-21(4-7-23)17-34-27(39)28(11-12-28)24-9-10-26(36-35-24)40-19-22-5-8-25(33-18-22)29(30,31)32/h3-10,18H,1,11-17,19H2,2H3,(H,34,39). The van der Waals surface area contributed by atoms with Crippen molar-refractivity contribution in [3.63, 3.8) is 0 Å². The minimum atomic E-state index is -4.49. The van der Waals surface area contributed by atoms with Crippen LogP contribution in [0.15, 0.2) is 67.0 Å². The lowest BCUT2D eigenvalue weighted by Gasteiger charge is -2.37. The summed E-state index contributed by atoms with van der Waals surface area (Å²) in [4.78, 5) is 21.1. The average molecular weight is 553 g/mol. The van der Waals surface area contributed by atoms with E-state index in [0.717, 1.165) is 49.7 Å². The number of hydrogen-bond donors (Lipinski definition) is 1. The molecule has 1 aromatic carbocycles. The molecule has 1 aliphatic carbocycles. The Morgan fingerprint density at radius 3 is 2.25 bits per heavy atom. The van der Waals surface area contributed by atoms with E-state index >= 15 is 0 Å². The van der Waals surface area contributed by atoms with Crippen LogP contribution < -0.4 is 15.0 Å². The molecule has 40 heavy (non-hydrogen) atoms. The van der Waals surface area contributed by atoms with Gasteiger partial charge in [-0.1, -0.05) is 24.8 Å². The van der Waals surface area contributed by atoms with Crippen molar-refractivity contribution in [2.75, 3.05) is 31.1 Å². The number of carbonyl (C=O) groups excluding carboxylic acids is 1. The number of benzene rings is 1. The van der Waals surface area contributed by atoms with Crippen LogP contribution in [-0.4, -0.2) is 52.2 Å². The third-order valence-corrected chi connectivity index (χ3v) is 7.39. The molecule has 2 aliphatic rings. The van der Waals surface area contributed by atoms with Crippen LogP contribution in [-0.2, 0) is 29.5 Å². The Morgan fingerprint density at radius 2 is 1.70 bits per heavy atom. The monoisotopic (exact) mass is 552 g/mol. The van der Waals surface area contributed by atoms with E-state index in [1.165, 1.54) is 11.8 Å². The molecule has 1 aliphatic heterocycles. The lowest BCUT2D eigenvalue weighted by atomic mass is 10.0. The van der Waals surface area contributed by atoms with E-state index in [9.17, 15) is 18.0 Å². The molecule has 1 N–H and O–H groups in total. The third kappa shape index (κ3) is 6.19. The highest BCUT2D eigenvalue weighted by Gasteiger charge is 2.52. The number of alkyl halides is 3. The van der Waals surface area contributed by atoms with Gasteiger partial charge >= 0.3 is 6.18 Å². The van der Waals surface area contributed by atoms with Gasteiger partial charge in [0.15, 0.2) is 0 Å². The van der Waals surface area contributed by atoms with Crippen molar-refractivity contribution in [3.8, 4) is 5.88 Å². The van der Waals surface area contributed by atoms with Crippen LogP contribution in [0.3, 0.4) is 0 Å². The molecule has 1 saturated carbocycles. The number of carbonyl (C=O) groups is 1. The van der Waals surface area contributed by atoms with Gasteiger partial charge in [0.2, 0.25) is 11.8 Å². The lowest BCUT2D eigenvalue weighted by Crippen LogP contribution is -2.45. The number of piperazine rings is 1. The van der Waals surface area contributed by atoms with Gasteiger partial charge in [0, 0.05) is 61.9 Å². The van der Waals surface area contributed by atoms with Crippen LogP contribution in [0.25, 0.3) is 0 Å². The number of allylic oxidation sites excluding steroid dienone is 1. The number of nitrogens with one attached hydrogen (secondary N) is 1. The van der Waals surface area contributed by atoms with E-state index in [1.54, 1.807) is 12.1 Å². The maximum absolute atomic E-state index is 13.1. The number of ether oxygens (including phenoxy) is 1. The topological polar surface area (TPSA) is 83.5 Å². The summed E-state index contributed by atoms with van der Waals surface area (Å²) in [5.74, 6) is 0.118. The SMILES string of the molecule is C=C(C)N1CCN(c2ccc(CNC(=O)C3(c4ccc(OCc5ccc(C(F)(F)F)nc5)nn4)CC3)cc2)CC1. The van der Waals surface area contributed by atoms with Gasteiger partial charge in [0.1, 0.15) is 12.3 Å². The number of aromatic nitrogens is 3. The Labute approximate surface area is 230 Å². The van der Waals surface area contributed by atoms with Gasteiger partial charge in [-0.3, -0.25) is 9.78 Å². The molecule has 0 atom stereocenters. The van der Waals surface area contributed by atoms with Gasteiger partial charge in [0.25, 0.3) is 0 Å². The first-order chi connectivity index (χ1) is 19.1. The summed E-state index contributed by atoms with van der Waals surface area (Å²) in [5.41, 5.74) is 2.66. The lowest BCUT2D eigenvalue weighted by molar-refractivity contribution is -0.141. The Balaban J connectivity index is 1.11. The van der Waals surface area contributed by atoms with Crippen LogP contribution in [0.5, 0.6) is 5.88 Å². The molecule has 0 bridgehead atoms. The predicted molar refractivity (Wildman–Crippen MR) is 143 cm³/mol. The molecule has 0 radical (unpaired) electrons. The number of anilines is 1. The number of rotatable bonds is 9. The van der Waals surface area contributed by atoms with E-state index in [4.69, 9.17) is 4.74 Å². The number of hydrogen-bond acceptors (Lipinski definition) is 7. The molecule has 2 aromatic heterocycles. The summed E-state index contributed by atoms with van der Waals surface area (Å²) in [6, 6.07) is 13.8. The zero-order valence-electron chi connectivity index (χ0n) is 22.2. The normalized spacial score (nSPS) is 16.4. The number of amides is 1. The Morgan fingerprint density at radius 1 is 1.00 bits per heavy atom. The van der Waals surface area contributed by atoms with E-state index in [0.29, 0.717) is 30.6 Å². The van der Waals surface area contributed by atoms with Gasteiger partial charge < -0.3 is 19.9 Å². The summed E-state index contributed by atoms with van der Waals surface area (Å²) < 4.78 is 43.5. The van der Waals surface area contributed by atoms with Gasteiger partial charge in [-0.05, 0) is 49.6 Å². The molecule has 11 heteroatoms. The highest BCUT2D eigenvalue weighted by molar-refractivity contribution is 5.90. The average Bonchev–Trinajstić information content (AvgIpc) is 3.77. The molecule has 210 valence electrons. The first-order valence-electron chi connectivity index (χ1n) is 13.2. The predicted octanol–water partition coefficient (Wildman–Crippen LogP) is 4.47. The molecule has 2 fully saturated rings. The molecule has 1 amide bonds. The zero-order chi connectivity index (χ0) is 28.3. The summed E-state index contributed by atoms with van der Waals surface area (Å²) >= 11 is 0.